The van der Waals surface area contributed by atoms with Gasteiger partial charge in [0.25, 0.3) is 5.91 Å². The molecule has 2 amide bonds. The fourth-order valence-corrected chi connectivity index (χ4v) is 3.30. The van der Waals surface area contributed by atoms with Gasteiger partial charge in [0, 0.05) is 36.8 Å². The molecule has 0 bridgehead atoms. The van der Waals surface area contributed by atoms with E-state index in [-0.39, 0.29) is 12.0 Å². The van der Waals surface area contributed by atoms with Gasteiger partial charge in [-0.3, -0.25) is 4.79 Å². The van der Waals surface area contributed by atoms with Crippen LogP contribution in [0, 0.1) is 0 Å². The maximum atomic E-state index is 13.3. The summed E-state index contributed by atoms with van der Waals surface area (Å²) in [6.07, 6.45) is 1.50. The highest BCUT2D eigenvalue weighted by molar-refractivity contribution is 6.33. The number of ether oxygens (including phenoxy) is 1. The molecule has 1 aliphatic heterocycles. The third kappa shape index (κ3) is 4.73. The third-order valence-corrected chi connectivity index (χ3v) is 4.96. The summed E-state index contributed by atoms with van der Waals surface area (Å²) in [4.78, 5) is 28.6. The fraction of sp³-hybridized carbons (Fsp3) is 0.273. The SMILES string of the molecule is CCOC(=O)N1CCN(C(=O)/C(=C/c2ccccc2Cl)c2ccccc2)CC1. The smallest absolute Gasteiger partial charge is 0.409 e. The van der Waals surface area contributed by atoms with Crippen molar-refractivity contribution in [2.45, 2.75) is 6.92 Å². The van der Waals surface area contributed by atoms with Gasteiger partial charge in [-0.2, -0.15) is 0 Å². The number of hydrogen-bond acceptors (Lipinski definition) is 3. The van der Waals surface area contributed by atoms with E-state index in [0.717, 1.165) is 11.1 Å². The Bertz CT molecular complexity index is 859. The molecule has 6 heteroatoms. The van der Waals surface area contributed by atoms with E-state index >= 15 is 0 Å². The molecule has 1 aliphatic rings. The number of rotatable bonds is 4. The van der Waals surface area contributed by atoms with Crippen molar-refractivity contribution in [1.29, 1.82) is 0 Å². The molecule has 1 saturated heterocycles. The summed E-state index contributed by atoms with van der Waals surface area (Å²) in [5.41, 5.74) is 2.21. The summed E-state index contributed by atoms with van der Waals surface area (Å²) in [5.74, 6) is -0.0744. The molecule has 2 aromatic carbocycles. The topological polar surface area (TPSA) is 49.9 Å². The van der Waals surface area contributed by atoms with Gasteiger partial charge in [-0.05, 0) is 30.2 Å². The Labute approximate surface area is 170 Å². The highest BCUT2D eigenvalue weighted by atomic mass is 35.5. The summed E-state index contributed by atoms with van der Waals surface area (Å²) in [6, 6.07) is 17.0. The highest BCUT2D eigenvalue weighted by Crippen LogP contribution is 2.25. The first kappa shape index (κ1) is 20.0. The fourth-order valence-electron chi connectivity index (χ4n) is 3.11. The average Bonchev–Trinajstić information content (AvgIpc) is 2.73. The van der Waals surface area contributed by atoms with Gasteiger partial charge in [-0.15, -0.1) is 0 Å². The van der Waals surface area contributed by atoms with Crippen LogP contribution in [0.15, 0.2) is 54.6 Å². The molecule has 3 rings (SSSR count). The molecule has 1 heterocycles. The molecule has 0 unspecified atom stereocenters. The van der Waals surface area contributed by atoms with Crippen molar-refractivity contribution in [3.05, 3.63) is 70.7 Å². The Kier molecular flexibility index (Phi) is 6.71. The maximum absolute atomic E-state index is 13.3. The predicted octanol–water partition coefficient (Wildman–Crippen LogP) is 4.18. The van der Waals surface area contributed by atoms with Crippen molar-refractivity contribution in [3.63, 3.8) is 0 Å². The number of carbonyl (C=O) groups excluding carboxylic acids is 2. The average molecular weight is 399 g/mol. The summed E-state index contributed by atoms with van der Waals surface area (Å²) >= 11 is 6.30. The molecule has 0 atom stereocenters. The summed E-state index contributed by atoms with van der Waals surface area (Å²) in [6.45, 7) is 3.96. The molecule has 5 nitrogen and oxygen atoms in total. The lowest BCUT2D eigenvalue weighted by Crippen LogP contribution is -2.50. The van der Waals surface area contributed by atoms with Crippen molar-refractivity contribution in [1.82, 2.24) is 9.80 Å². The van der Waals surface area contributed by atoms with Gasteiger partial charge >= 0.3 is 6.09 Å². The quantitative estimate of drug-likeness (QED) is 0.573. The number of piperazine rings is 1. The molecular formula is C22H23ClN2O3. The van der Waals surface area contributed by atoms with Gasteiger partial charge in [-0.1, -0.05) is 60.1 Å². The lowest BCUT2D eigenvalue weighted by molar-refractivity contribution is -0.126. The summed E-state index contributed by atoms with van der Waals surface area (Å²) in [7, 11) is 0. The largest absolute Gasteiger partial charge is 0.450 e. The Hall–Kier alpha value is -2.79. The zero-order valence-corrected chi connectivity index (χ0v) is 16.6. The first-order chi connectivity index (χ1) is 13.6. The van der Waals surface area contributed by atoms with E-state index < -0.39 is 0 Å². The van der Waals surface area contributed by atoms with Crippen LogP contribution < -0.4 is 0 Å². The highest BCUT2D eigenvalue weighted by Gasteiger charge is 2.27. The van der Waals surface area contributed by atoms with Crippen molar-refractivity contribution in [2.75, 3.05) is 32.8 Å². The van der Waals surface area contributed by atoms with Gasteiger partial charge in [-0.25, -0.2) is 4.79 Å². The van der Waals surface area contributed by atoms with Crippen molar-refractivity contribution < 1.29 is 14.3 Å². The van der Waals surface area contributed by atoms with Crippen molar-refractivity contribution >= 4 is 35.3 Å². The van der Waals surface area contributed by atoms with Crippen LogP contribution in [0.25, 0.3) is 11.6 Å². The molecule has 146 valence electrons. The van der Waals surface area contributed by atoms with Crippen LogP contribution in [-0.2, 0) is 9.53 Å². The van der Waals surface area contributed by atoms with E-state index in [0.29, 0.717) is 43.4 Å². The second-order valence-corrected chi connectivity index (χ2v) is 6.83. The Balaban J connectivity index is 1.83. The number of nitrogens with zero attached hydrogens (tertiary/aromatic N) is 2. The summed E-state index contributed by atoms with van der Waals surface area (Å²) < 4.78 is 5.04. The predicted molar refractivity (Wildman–Crippen MR) is 111 cm³/mol. The van der Waals surface area contributed by atoms with Gasteiger partial charge < -0.3 is 14.5 Å². The second-order valence-electron chi connectivity index (χ2n) is 6.42. The molecule has 0 saturated carbocycles. The monoisotopic (exact) mass is 398 g/mol. The van der Waals surface area contributed by atoms with Gasteiger partial charge in [0.1, 0.15) is 0 Å². The van der Waals surface area contributed by atoms with Crippen LogP contribution in [0.3, 0.4) is 0 Å². The van der Waals surface area contributed by atoms with Gasteiger partial charge in [0.15, 0.2) is 0 Å². The van der Waals surface area contributed by atoms with Gasteiger partial charge in [0.2, 0.25) is 0 Å². The van der Waals surface area contributed by atoms with Crippen LogP contribution >= 0.6 is 11.6 Å². The minimum absolute atomic E-state index is 0.0744. The molecular weight excluding hydrogens is 376 g/mol. The zero-order valence-electron chi connectivity index (χ0n) is 15.8. The number of amides is 2. The standard InChI is InChI=1S/C22H23ClN2O3/c1-2-28-22(27)25-14-12-24(13-15-25)21(26)19(17-8-4-3-5-9-17)16-18-10-6-7-11-20(18)23/h3-11,16H,2,12-15H2,1H3/b19-16+. The molecule has 0 aliphatic carbocycles. The minimum Gasteiger partial charge on any atom is -0.450 e. The lowest BCUT2D eigenvalue weighted by Gasteiger charge is -2.34. The first-order valence-electron chi connectivity index (χ1n) is 9.32. The van der Waals surface area contributed by atoms with E-state index in [2.05, 4.69) is 0 Å². The van der Waals surface area contributed by atoms with E-state index in [1.807, 2.05) is 54.6 Å². The third-order valence-electron chi connectivity index (χ3n) is 4.61. The van der Waals surface area contributed by atoms with Crippen LogP contribution in [0.4, 0.5) is 4.79 Å². The van der Waals surface area contributed by atoms with E-state index in [4.69, 9.17) is 16.3 Å². The molecule has 28 heavy (non-hydrogen) atoms. The zero-order chi connectivity index (χ0) is 19.9. The number of carbonyl (C=O) groups is 2. The van der Waals surface area contributed by atoms with Crippen LogP contribution in [-0.4, -0.2) is 54.6 Å². The Morgan fingerprint density at radius 3 is 2.21 bits per heavy atom. The van der Waals surface area contributed by atoms with Crippen molar-refractivity contribution in [3.8, 4) is 0 Å². The minimum atomic E-state index is -0.329. The molecule has 0 N–H and O–H groups in total. The Morgan fingerprint density at radius 2 is 1.57 bits per heavy atom. The molecule has 0 spiro atoms. The lowest BCUT2D eigenvalue weighted by atomic mass is 10.0. The van der Waals surface area contributed by atoms with Crippen molar-refractivity contribution in [2.24, 2.45) is 0 Å². The maximum Gasteiger partial charge on any atom is 0.409 e. The van der Waals surface area contributed by atoms with Crippen LogP contribution in [0.5, 0.6) is 0 Å². The Morgan fingerprint density at radius 1 is 0.964 bits per heavy atom. The van der Waals surface area contributed by atoms with Crippen LogP contribution in [0.1, 0.15) is 18.1 Å². The molecule has 0 radical (unpaired) electrons. The number of hydrogen-bond donors (Lipinski definition) is 0. The van der Waals surface area contributed by atoms with E-state index in [1.54, 1.807) is 22.8 Å². The molecule has 2 aromatic rings. The molecule has 0 aromatic heterocycles. The second kappa shape index (κ2) is 9.42. The summed E-state index contributed by atoms with van der Waals surface area (Å²) in [5, 5.41) is 0.593. The number of halogens is 1. The van der Waals surface area contributed by atoms with E-state index in [1.165, 1.54) is 0 Å². The van der Waals surface area contributed by atoms with Gasteiger partial charge in [0.05, 0.1) is 6.61 Å². The van der Waals surface area contributed by atoms with E-state index in [9.17, 15) is 9.59 Å². The van der Waals surface area contributed by atoms with Crippen LogP contribution in [0.2, 0.25) is 5.02 Å². The first-order valence-corrected chi connectivity index (χ1v) is 9.70. The normalized spacial score (nSPS) is 14.7. The molecule has 1 fully saturated rings. The number of benzene rings is 2.